The molecule has 11 nitrogen and oxygen atoms in total. The molecule has 2 aromatic rings. The van der Waals surface area contributed by atoms with Crippen molar-refractivity contribution in [2.45, 2.75) is 64.2 Å². The second-order valence-corrected chi connectivity index (χ2v) is 13.0. The third kappa shape index (κ3) is 6.72. The van der Waals surface area contributed by atoms with Gasteiger partial charge < -0.3 is 14.8 Å². The Morgan fingerprint density at radius 1 is 1.07 bits per heavy atom. The van der Waals surface area contributed by atoms with Gasteiger partial charge in [0.15, 0.2) is 0 Å². The van der Waals surface area contributed by atoms with Crippen molar-refractivity contribution in [3.63, 3.8) is 0 Å². The van der Waals surface area contributed by atoms with Crippen molar-refractivity contribution in [1.29, 1.82) is 0 Å². The third-order valence-electron chi connectivity index (χ3n) is 6.76. The van der Waals surface area contributed by atoms with Crippen LogP contribution in [0.15, 0.2) is 29.2 Å². The van der Waals surface area contributed by atoms with Crippen LogP contribution < -0.4 is 10.6 Å². The van der Waals surface area contributed by atoms with Crippen molar-refractivity contribution in [2.24, 2.45) is 0 Å². The number of carbonyl (C=O) groups excluding carboxylic acids is 3. The van der Waals surface area contributed by atoms with Crippen molar-refractivity contribution in [1.82, 2.24) is 14.5 Å². The molecule has 40 heavy (non-hydrogen) atoms. The highest BCUT2D eigenvalue weighted by Crippen LogP contribution is 2.37. The number of anilines is 1. The number of amides is 3. The van der Waals surface area contributed by atoms with Crippen LogP contribution in [0.5, 0.6) is 0 Å². The fourth-order valence-corrected chi connectivity index (χ4v) is 7.92. The molecule has 2 N–H and O–H groups in total. The lowest BCUT2D eigenvalue weighted by Crippen LogP contribution is -2.48. The summed E-state index contributed by atoms with van der Waals surface area (Å²) in [5.74, 6) is -1.13. The number of benzene rings is 1. The SMILES string of the molecule is CCCN1CCc2c(sc(NC(=O)c3ccc(S(=O)(=O)N4CC(C)OC(C)C4)cc3)c2C(=O)NC(=O)OCC)C1. The van der Waals surface area contributed by atoms with E-state index in [9.17, 15) is 22.8 Å². The molecule has 0 radical (unpaired) electrons. The average Bonchev–Trinajstić information content (AvgIpc) is 3.25. The standard InChI is InChI=1S/C27H36N4O7S2/c1-5-12-30-13-11-21-22(16-30)39-26(23(21)25(33)29-27(34)37-6-2)28-24(32)19-7-9-20(10-8-19)40(35,36)31-14-17(3)38-18(4)15-31/h7-10,17-18H,5-6,11-16H2,1-4H3,(H,28,32)(H,29,33,34). The second-order valence-electron chi connectivity index (χ2n) is 9.97. The summed E-state index contributed by atoms with van der Waals surface area (Å²) in [6.07, 6.45) is 0.317. The number of nitrogens with one attached hydrogen (secondary N) is 2. The van der Waals surface area contributed by atoms with Gasteiger partial charge in [-0.25, -0.2) is 13.2 Å². The normalized spacial score (nSPS) is 20.0. The van der Waals surface area contributed by atoms with Crippen molar-refractivity contribution in [2.75, 3.05) is 38.1 Å². The van der Waals surface area contributed by atoms with Crippen LogP contribution in [0.1, 0.15) is 65.3 Å². The summed E-state index contributed by atoms with van der Waals surface area (Å²) < 4.78 is 38.3. The van der Waals surface area contributed by atoms with E-state index in [-0.39, 0.29) is 47.9 Å². The van der Waals surface area contributed by atoms with Crippen molar-refractivity contribution in [3.05, 3.63) is 45.8 Å². The summed E-state index contributed by atoms with van der Waals surface area (Å²) in [6.45, 7) is 10.4. The minimum atomic E-state index is -3.75. The number of fused-ring (bicyclic) bond motifs is 1. The van der Waals surface area contributed by atoms with Crippen LogP contribution in [0.2, 0.25) is 0 Å². The second kappa shape index (κ2) is 12.8. The Labute approximate surface area is 238 Å². The Morgan fingerprint density at radius 2 is 1.75 bits per heavy atom. The molecule has 3 heterocycles. The van der Waals surface area contributed by atoms with Crippen molar-refractivity contribution < 1.29 is 32.3 Å². The van der Waals surface area contributed by atoms with Gasteiger partial charge in [-0.1, -0.05) is 6.92 Å². The monoisotopic (exact) mass is 592 g/mol. The first-order chi connectivity index (χ1) is 19.0. The number of morpholine rings is 1. The molecule has 2 unspecified atom stereocenters. The van der Waals surface area contributed by atoms with Gasteiger partial charge in [0, 0.05) is 36.6 Å². The fourth-order valence-electron chi connectivity index (χ4n) is 5.04. The number of sulfonamides is 1. The number of nitrogens with zero attached hydrogens (tertiary/aromatic N) is 2. The molecular weight excluding hydrogens is 556 g/mol. The van der Waals surface area contributed by atoms with Gasteiger partial charge in [-0.3, -0.25) is 19.8 Å². The first-order valence-electron chi connectivity index (χ1n) is 13.4. The quantitative estimate of drug-likeness (QED) is 0.476. The number of imide groups is 1. The summed E-state index contributed by atoms with van der Waals surface area (Å²) in [5.41, 5.74) is 1.30. The van der Waals surface area contributed by atoms with Gasteiger partial charge in [-0.15, -0.1) is 11.3 Å². The van der Waals surface area contributed by atoms with E-state index in [1.165, 1.54) is 39.9 Å². The summed E-state index contributed by atoms with van der Waals surface area (Å²) in [6, 6.07) is 5.71. The van der Waals surface area contributed by atoms with E-state index < -0.39 is 27.9 Å². The number of thiophene rings is 1. The van der Waals surface area contributed by atoms with Crippen molar-refractivity contribution in [3.8, 4) is 0 Å². The number of hydrogen-bond acceptors (Lipinski definition) is 9. The van der Waals surface area contributed by atoms with Crippen LogP contribution in [-0.4, -0.2) is 80.5 Å². The molecule has 1 aromatic carbocycles. The molecule has 2 atom stereocenters. The van der Waals surface area contributed by atoms with E-state index in [4.69, 9.17) is 9.47 Å². The summed E-state index contributed by atoms with van der Waals surface area (Å²) in [5, 5.41) is 5.40. The van der Waals surface area contributed by atoms with Crippen LogP contribution in [-0.2, 0) is 32.5 Å². The molecule has 2 aliphatic rings. The molecule has 0 saturated carbocycles. The smallest absolute Gasteiger partial charge is 0.414 e. The molecule has 0 spiro atoms. The Morgan fingerprint density at radius 3 is 2.38 bits per heavy atom. The molecule has 13 heteroatoms. The molecule has 1 aromatic heterocycles. The third-order valence-corrected chi connectivity index (χ3v) is 9.74. The summed E-state index contributed by atoms with van der Waals surface area (Å²) in [7, 11) is -3.75. The molecule has 1 saturated heterocycles. The summed E-state index contributed by atoms with van der Waals surface area (Å²) >= 11 is 1.31. The largest absolute Gasteiger partial charge is 0.450 e. The number of rotatable bonds is 8. The van der Waals surface area contributed by atoms with E-state index in [1.54, 1.807) is 6.92 Å². The maximum atomic E-state index is 13.2. The average molecular weight is 593 g/mol. The van der Waals surface area contributed by atoms with E-state index in [0.717, 1.165) is 30.0 Å². The molecule has 4 rings (SSSR count). The van der Waals surface area contributed by atoms with Gasteiger partial charge in [0.2, 0.25) is 10.0 Å². The van der Waals surface area contributed by atoms with Crippen molar-refractivity contribution >= 4 is 44.3 Å². The van der Waals surface area contributed by atoms with Crippen LogP contribution in [0.3, 0.4) is 0 Å². The summed E-state index contributed by atoms with van der Waals surface area (Å²) in [4.78, 5) is 41.6. The maximum absolute atomic E-state index is 13.2. The molecule has 2 aliphatic heterocycles. The van der Waals surface area contributed by atoms with Gasteiger partial charge >= 0.3 is 6.09 Å². The molecule has 3 amide bonds. The topological polar surface area (TPSA) is 134 Å². The number of ether oxygens (including phenoxy) is 2. The number of alkyl carbamates (subject to hydrolysis) is 1. The Hall–Kier alpha value is -2.84. The Bertz CT molecular complexity index is 1350. The minimum absolute atomic E-state index is 0.0856. The van der Waals surface area contributed by atoms with Gasteiger partial charge in [0.25, 0.3) is 11.8 Å². The predicted octanol–water partition coefficient (Wildman–Crippen LogP) is 3.45. The van der Waals surface area contributed by atoms with Crippen LogP contribution in [0.4, 0.5) is 9.80 Å². The number of hydrogen-bond donors (Lipinski definition) is 2. The lowest BCUT2D eigenvalue weighted by atomic mass is 10.0. The molecule has 0 aliphatic carbocycles. The van der Waals surface area contributed by atoms with Crippen LogP contribution in [0, 0.1) is 0 Å². The zero-order valence-corrected chi connectivity index (χ0v) is 24.8. The lowest BCUT2D eigenvalue weighted by molar-refractivity contribution is -0.0440. The maximum Gasteiger partial charge on any atom is 0.414 e. The van der Waals surface area contributed by atoms with Gasteiger partial charge in [-0.05, 0) is 70.0 Å². The van der Waals surface area contributed by atoms with E-state index >= 15 is 0 Å². The number of carbonyl (C=O) groups is 3. The Balaban J connectivity index is 1.56. The van der Waals surface area contributed by atoms with Gasteiger partial charge in [0.1, 0.15) is 5.00 Å². The first kappa shape index (κ1) is 30.1. The lowest BCUT2D eigenvalue weighted by Gasteiger charge is -2.34. The fraction of sp³-hybridized carbons (Fsp3) is 0.519. The molecular formula is C27H36N4O7S2. The molecule has 1 fully saturated rings. The zero-order chi connectivity index (χ0) is 29.0. The van der Waals surface area contributed by atoms with E-state index in [2.05, 4.69) is 22.5 Å². The van der Waals surface area contributed by atoms with Crippen LogP contribution >= 0.6 is 11.3 Å². The highest BCUT2D eigenvalue weighted by Gasteiger charge is 2.33. The van der Waals surface area contributed by atoms with Gasteiger partial charge in [0.05, 0.1) is 29.3 Å². The Kier molecular flexibility index (Phi) is 9.62. The van der Waals surface area contributed by atoms with E-state index in [0.29, 0.717) is 18.0 Å². The molecule has 218 valence electrons. The zero-order valence-electron chi connectivity index (χ0n) is 23.2. The first-order valence-corrected chi connectivity index (χ1v) is 15.7. The molecule has 0 bridgehead atoms. The minimum Gasteiger partial charge on any atom is -0.450 e. The van der Waals surface area contributed by atoms with Gasteiger partial charge in [-0.2, -0.15) is 4.31 Å². The highest BCUT2D eigenvalue weighted by atomic mass is 32.2. The highest BCUT2D eigenvalue weighted by molar-refractivity contribution is 7.89. The van der Waals surface area contributed by atoms with Crippen LogP contribution in [0.25, 0.3) is 0 Å². The predicted molar refractivity (Wildman–Crippen MR) is 151 cm³/mol. The van der Waals surface area contributed by atoms with E-state index in [1.807, 2.05) is 13.8 Å².